The molecule has 11 nitrogen and oxygen atoms in total. The minimum atomic E-state index is -0.366. The van der Waals surface area contributed by atoms with Crippen molar-refractivity contribution in [1.82, 2.24) is 24.9 Å². The van der Waals surface area contributed by atoms with Gasteiger partial charge in [-0.25, -0.2) is 14.8 Å². The van der Waals surface area contributed by atoms with Crippen molar-refractivity contribution in [2.75, 3.05) is 61.2 Å². The van der Waals surface area contributed by atoms with Crippen LogP contribution in [-0.4, -0.2) is 76.9 Å². The molecule has 202 valence electrons. The molecule has 5 rings (SSSR count). The smallest absolute Gasteiger partial charge is 0.350 e. The maximum absolute atomic E-state index is 12.3. The minimum absolute atomic E-state index is 0.317. The van der Waals surface area contributed by atoms with Crippen molar-refractivity contribution in [2.24, 2.45) is 0 Å². The number of carbonyl (C=O) groups excluding carboxylic acids is 1. The molecule has 0 saturated carbocycles. The van der Waals surface area contributed by atoms with Crippen LogP contribution in [0.3, 0.4) is 0 Å². The van der Waals surface area contributed by atoms with Crippen molar-refractivity contribution in [3.05, 3.63) is 46.2 Å². The number of thiazole rings is 1. The fraction of sp³-hybridized carbons (Fsp3) is 0.500. The standard InChI is InChI=1S/C26H34N8O3S/c1-4-10-34(33-12-14-36-15-13-33)23-20-8-11-32(17-19-7-6-9-27-16-19)22(20)29-25(30-23)31-26-28-18(3)21(38-26)24(35)37-5-2/h6-7,9,16H,4-5,8,10-15,17H2,1-3H3,(H,28,29,30,31). The monoisotopic (exact) mass is 538 g/mol. The predicted octanol–water partition coefficient (Wildman–Crippen LogP) is 3.58. The molecule has 3 aromatic rings. The van der Waals surface area contributed by atoms with Gasteiger partial charge in [-0.3, -0.25) is 15.3 Å². The zero-order valence-electron chi connectivity index (χ0n) is 22.1. The van der Waals surface area contributed by atoms with Crippen LogP contribution in [0.5, 0.6) is 0 Å². The second kappa shape index (κ2) is 12.0. The van der Waals surface area contributed by atoms with E-state index in [9.17, 15) is 4.79 Å². The third-order valence-electron chi connectivity index (χ3n) is 6.48. The largest absolute Gasteiger partial charge is 0.462 e. The number of morpholine rings is 1. The highest BCUT2D eigenvalue weighted by Gasteiger charge is 2.31. The lowest BCUT2D eigenvalue weighted by molar-refractivity contribution is 0.0312. The summed E-state index contributed by atoms with van der Waals surface area (Å²) in [7, 11) is 0. The van der Waals surface area contributed by atoms with Crippen molar-refractivity contribution in [3.63, 3.8) is 0 Å². The van der Waals surface area contributed by atoms with Gasteiger partial charge in [-0.05, 0) is 38.3 Å². The van der Waals surface area contributed by atoms with E-state index in [1.807, 2.05) is 12.3 Å². The number of aromatic nitrogens is 4. The Morgan fingerprint density at radius 1 is 1.21 bits per heavy atom. The van der Waals surface area contributed by atoms with Crippen LogP contribution in [0.4, 0.5) is 22.7 Å². The first-order valence-corrected chi connectivity index (χ1v) is 14.0. The summed E-state index contributed by atoms with van der Waals surface area (Å²) in [5.74, 6) is 1.91. The zero-order chi connectivity index (χ0) is 26.5. The van der Waals surface area contributed by atoms with E-state index in [2.05, 4.69) is 43.2 Å². The number of ether oxygens (including phenoxy) is 2. The van der Waals surface area contributed by atoms with Crippen LogP contribution in [0, 0.1) is 6.92 Å². The van der Waals surface area contributed by atoms with Crippen LogP contribution < -0.4 is 15.2 Å². The van der Waals surface area contributed by atoms with Gasteiger partial charge < -0.3 is 14.4 Å². The number of hydrogen-bond acceptors (Lipinski definition) is 12. The van der Waals surface area contributed by atoms with Crippen molar-refractivity contribution in [1.29, 1.82) is 0 Å². The van der Waals surface area contributed by atoms with E-state index >= 15 is 0 Å². The molecule has 5 heterocycles. The molecule has 12 heteroatoms. The van der Waals surface area contributed by atoms with Crippen molar-refractivity contribution in [2.45, 2.75) is 40.2 Å². The van der Waals surface area contributed by atoms with Crippen LogP contribution >= 0.6 is 11.3 Å². The Morgan fingerprint density at radius 3 is 2.79 bits per heavy atom. The Kier molecular flexibility index (Phi) is 8.30. The highest BCUT2D eigenvalue weighted by molar-refractivity contribution is 7.17. The average Bonchev–Trinajstić information content (AvgIpc) is 3.51. The predicted molar refractivity (Wildman–Crippen MR) is 147 cm³/mol. The molecule has 0 unspecified atom stereocenters. The zero-order valence-corrected chi connectivity index (χ0v) is 23.0. The van der Waals surface area contributed by atoms with Crippen LogP contribution in [0.15, 0.2) is 24.5 Å². The number of nitrogens with zero attached hydrogens (tertiary/aromatic N) is 7. The molecular weight excluding hydrogens is 504 g/mol. The Morgan fingerprint density at radius 2 is 2.05 bits per heavy atom. The Hall–Kier alpha value is -3.35. The number of fused-ring (bicyclic) bond motifs is 1. The van der Waals surface area contributed by atoms with Crippen molar-refractivity contribution >= 4 is 40.0 Å². The first kappa shape index (κ1) is 26.3. The summed E-state index contributed by atoms with van der Waals surface area (Å²) in [5, 5.41) is 8.46. The van der Waals surface area contributed by atoms with E-state index in [0.717, 1.165) is 61.8 Å². The summed E-state index contributed by atoms with van der Waals surface area (Å²) in [6.07, 6.45) is 5.52. The molecule has 0 aliphatic carbocycles. The van der Waals surface area contributed by atoms with E-state index in [1.54, 1.807) is 20.0 Å². The van der Waals surface area contributed by atoms with E-state index in [-0.39, 0.29) is 5.97 Å². The van der Waals surface area contributed by atoms with Crippen LogP contribution in [-0.2, 0) is 22.4 Å². The highest BCUT2D eigenvalue weighted by atomic mass is 32.1. The number of anilines is 4. The molecule has 1 N–H and O–H groups in total. The number of pyridine rings is 1. The summed E-state index contributed by atoms with van der Waals surface area (Å²) in [6, 6.07) is 4.04. The topological polar surface area (TPSA) is 109 Å². The molecule has 0 radical (unpaired) electrons. The fourth-order valence-electron chi connectivity index (χ4n) is 4.75. The van der Waals surface area contributed by atoms with E-state index in [4.69, 9.17) is 19.4 Å². The summed E-state index contributed by atoms with van der Waals surface area (Å²) < 4.78 is 10.8. The van der Waals surface area contributed by atoms with Crippen molar-refractivity contribution in [3.8, 4) is 0 Å². The first-order valence-electron chi connectivity index (χ1n) is 13.1. The number of hydrazine groups is 1. The molecule has 0 atom stereocenters. The number of hydrogen-bond donors (Lipinski definition) is 1. The SMILES string of the molecule is CCCN(c1nc(Nc2nc(C)c(C(=O)OCC)s2)nc2c1CCN2Cc1cccnc1)N1CCOCC1. The first-order chi connectivity index (χ1) is 18.6. The van der Waals surface area contributed by atoms with Gasteiger partial charge in [0.2, 0.25) is 5.95 Å². The lowest BCUT2D eigenvalue weighted by atomic mass is 10.2. The normalized spacial score (nSPS) is 15.4. The average molecular weight is 539 g/mol. The molecule has 0 spiro atoms. The summed E-state index contributed by atoms with van der Waals surface area (Å²) >= 11 is 1.25. The van der Waals surface area contributed by atoms with Crippen molar-refractivity contribution < 1.29 is 14.3 Å². The van der Waals surface area contributed by atoms with Gasteiger partial charge in [0.1, 0.15) is 10.7 Å². The number of carbonyl (C=O) groups is 1. The summed E-state index contributed by atoms with van der Waals surface area (Å²) in [6.45, 7) is 11.5. The van der Waals surface area contributed by atoms with Crippen LogP contribution in [0.1, 0.15) is 46.8 Å². The number of rotatable bonds is 10. The number of nitrogens with one attached hydrogen (secondary N) is 1. The Bertz CT molecular complexity index is 1250. The minimum Gasteiger partial charge on any atom is -0.462 e. The molecule has 0 bridgehead atoms. The lowest BCUT2D eigenvalue weighted by Gasteiger charge is -2.38. The quantitative estimate of drug-likeness (QED) is 0.383. The van der Waals surface area contributed by atoms with E-state index < -0.39 is 0 Å². The third kappa shape index (κ3) is 5.71. The lowest BCUT2D eigenvalue weighted by Crippen LogP contribution is -2.50. The van der Waals surface area contributed by atoms with Gasteiger partial charge in [0.05, 0.1) is 25.5 Å². The molecule has 1 fully saturated rings. The number of aryl methyl sites for hydroxylation is 1. The maximum atomic E-state index is 12.3. The van der Waals surface area contributed by atoms with Gasteiger partial charge in [-0.15, -0.1) is 0 Å². The Labute approximate surface area is 226 Å². The fourth-order valence-corrected chi connectivity index (χ4v) is 5.61. The third-order valence-corrected chi connectivity index (χ3v) is 7.53. The van der Waals surface area contributed by atoms with E-state index in [1.165, 1.54) is 11.3 Å². The van der Waals surface area contributed by atoms with Crippen LogP contribution in [0.2, 0.25) is 0 Å². The molecule has 2 aliphatic rings. The summed E-state index contributed by atoms with van der Waals surface area (Å²) in [4.78, 5) is 33.9. The second-order valence-corrected chi connectivity index (χ2v) is 10.2. The highest BCUT2D eigenvalue weighted by Crippen LogP contribution is 2.37. The molecule has 38 heavy (non-hydrogen) atoms. The van der Waals surface area contributed by atoms with Gasteiger partial charge in [0, 0.05) is 50.7 Å². The van der Waals surface area contributed by atoms with E-state index in [0.29, 0.717) is 48.0 Å². The summed E-state index contributed by atoms with van der Waals surface area (Å²) in [5.41, 5.74) is 2.89. The van der Waals surface area contributed by atoms with Gasteiger partial charge >= 0.3 is 5.97 Å². The number of esters is 1. The van der Waals surface area contributed by atoms with Gasteiger partial charge in [0.25, 0.3) is 0 Å². The Balaban J connectivity index is 1.52. The molecule has 0 amide bonds. The van der Waals surface area contributed by atoms with Gasteiger partial charge in [0.15, 0.2) is 10.9 Å². The molecule has 3 aromatic heterocycles. The molecular formula is C26H34N8O3S. The maximum Gasteiger partial charge on any atom is 0.350 e. The van der Waals surface area contributed by atoms with Gasteiger partial charge in [-0.2, -0.15) is 9.97 Å². The van der Waals surface area contributed by atoms with Gasteiger partial charge in [-0.1, -0.05) is 24.3 Å². The molecule has 1 saturated heterocycles. The van der Waals surface area contributed by atoms with Crippen LogP contribution in [0.25, 0.3) is 0 Å². The molecule has 2 aliphatic heterocycles. The molecule has 0 aromatic carbocycles. The second-order valence-electron chi connectivity index (χ2n) is 9.17.